The van der Waals surface area contributed by atoms with Crippen molar-refractivity contribution >= 4 is 52.2 Å². The number of nitrogens with two attached hydrogens (primary N) is 1. The number of rotatable bonds is 8. The van der Waals surface area contributed by atoms with Crippen LogP contribution in [0.1, 0.15) is 16.4 Å². The van der Waals surface area contributed by atoms with Crippen molar-refractivity contribution in [2.75, 3.05) is 5.32 Å². The molecule has 0 saturated carbocycles. The number of thioether (sulfide) groups is 1. The number of anilines is 1. The lowest BCUT2D eigenvalue weighted by Gasteiger charge is -2.17. The van der Waals surface area contributed by atoms with E-state index in [9.17, 15) is 9.59 Å². The van der Waals surface area contributed by atoms with Crippen LogP contribution in [0.2, 0.25) is 5.02 Å². The monoisotopic (exact) mass is 497 g/mol. The number of carbonyl (C=O) groups is 2. The van der Waals surface area contributed by atoms with Crippen LogP contribution in [0.5, 0.6) is 0 Å². The van der Waals surface area contributed by atoms with Crippen LogP contribution < -0.4 is 11.1 Å². The molecule has 2 aromatic heterocycles. The predicted octanol–water partition coefficient (Wildman–Crippen LogP) is 4.93. The fourth-order valence-corrected chi connectivity index (χ4v) is 5.08. The summed E-state index contributed by atoms with van der Waals surface area (Å²) in [6.45, 7) is 1.80. The van der Waals surface area contributed by atoms with Gasteiger partial charge < -0.3 is 11.1 Å². The summed E-state index contributed by atoms with van der Waals surface area (Å²) in [7, 11) is 0. The zero-order chi connectivity index (χ0) is 23.4. The number of nitrogens with zero attached hydrogens (tertiary/aromatic N) is 3. The first-order chi connectivity index (χ1) is 15.9. The predicted molar refractivity (Wildman–Crippen MR) is 132 cm³/mol. The second kappa shape index (κ2) is 10.2. The zero-order valence-corrected chi connectivity index (χ0v) is 20.0. The van der Waals surface area contributed by atoms with Crippen LogP contribution in [-0.2, 0) is 16.1 Å². The number of hydrogen-bond donors (Lipinski definition) is 2. The van der Waals surface area contributed by atoms with E-state index in [4.69, 9.17) is 17.3 Å². The van der Waals surface area contributed by atoms with Gasteiger partial charge in [0.05, 0.1) is 4.88 Å². The molecule has 0 spiro atoms. The third-order valence-corrected chi connectivity index (χ3v) is 7.28. The molecule has 4 aromatic rings. The van der Waals surface area contributed by atoms with Crippen molar-refractivity contribution in [3.63, 3.8) is 0 Å². The molecule has 0 unspecified atom stereocenters. The SMILES string of the molecule is Cc1ccc(NC(=O)[C@@H](Sc2nnc(-c3cccs3)n2CC(N)=O)c2ccccc2)cc1Cl. The number of aromatic nitrogens is 3. The van der Waals surface area contributed by atoms with Gasteiger partial charge in [0.25, 0.3) is 0 Å². The first-order valence-electron chi connectivity index (χ1n) is 9.96. The van der Waals surface area contributed by atoms with Crippen molar-refractivity contribution in [3.8, 4) is 10.7 Å². The maximum atomic E-state index is 13.4. The minimum atomic E-state index is -0.654. The summed E-state index contributed by atoms with van der Waals surface area (Å²) in [5.41, 5.74) is 7.79. The average molecular weight is 498 g/mol. The van der Waals surface area contributed by atoms with Gasteiger partial charge in [0.2, 0.25) is 11.8 Å². The van der Waals surface area contributed by atoms with Gasteiger partial charge in [-0.1, -0.05) is 65.8 Å². The molecule has 0 radical (unpaired) electrons. The highest BCUT2D eigenvalue weighted by Crippen LogP contribution is 2.37. The van der Waals surface area contributed by atoms with Gasteiger partial charge in [-0.2, -0.15) is 0 Å². The number of hydrogen-bond acceptors (Lipinski definition) is 6. The standard InChI is InChI=1S/C23H20ClN5O2S2/c1-14-9-10-16(12-17(14)24)26-22(31)20(15-6-3-2-4-7-15)33-23-28-27-21(18-8-5-11-32-18)29(23)13-19(25)30/h2-12,20H,13H2,1H3,(H2,25,30)(H,26,31)/t20-/m0/s1. The Hall–Kier alpha value is -3.14. The molecule has 4 rings (SSSR count). The Morgan fingerprint density at radius 1 is 1.15 bits per heavy atom. The van der Waals surface area contributed by atoms with Crippen molar-refractivity contribution in [2.45, 2.75) is 23.9 Å². The number of halogens is 1. The minimum absolute atomic E-state index is 0.0980. The number of carbonyl (C=O) groups excluding carboxylic acids is 2. The molecule has 7 nitrogen and oxygen atoms in total. The van der Waals surface area contributed by atoms with Crippen molar-refractivity contribution < 1.29 is 9.59 Å². The molecule has 0 fully saturated rings. The highest BCUT2D eigenvalue weighted by molar-refractivity contribution is 8.00. The largest absolute Gasteiger partial charge is 0.368 e. The van der Waals surface area contributed by atoms with Crippen LogP contribution in [0, 0.1) is 6.92 Å². The second-order valence-corrected chi connectivity index (χ2v) is 9.62. The number of nitrogens with one attached hydrogen (secondary N) is 1. The summed E-state index contributed by atoms with van der Waals surface area (Å²) in [6.07, 6.45) is 0. The van der Waals surface area contributed by atoms with Crippen LogP contribution >= 0.6 is 34.7 Å². The van der Waals surface area contributed by atoms with Gasteiger partial charge in [0.15, 0.2) is 11.0 Å². The normalized spacial score (nSPS) is 11.8. The average Bonchev–Trinajstić information content (AvgIpc) is 3.45. The van der Waals surface area contributed by atoms with E-state index in [-0.39, 0.29) is 12.5 Å². The molecule has 2 aromatic carbocycles. The molecule has 3 N–H and O–H groups in total. The molecular weight excluding hydrogens is 478 g/mol. The molecule has 0 saturated heterocycles. The highest BCUT2D eigenvalue weighted by Gasteiger charge is 2.27. The van der Waals surface area contributed by atoms with Crippen LogP contribution in [0.4, 0.5) is 5.69 Å². The summed E-state index contributed by atoms with van der Waals surface area (Å²) in [6, 6.07) is 18.5. The van der Waals surface area contributed by atoms with Gasteiger partial charge in [0, 0.05) is 10.7 Å². The quantitative estimate of drug-likeness (QED) is 0.336. The van der Waals surface area contributed by atoms with Crippen LogP contribution in [-0.4, -0.2) is 26.6 Å². The molecule has 0 aliphatic carbocycles. The Bertz CT molecular complexity index is 1280. The Morgan fingerprint density at radius 2 is 1.94 bits per heavy atom. The van der Waals surface area contributed by atoms with E-state index in [2.05, 4.69) is 15.5 Å². The molecule has 0 aliphatic heterocycles. The van der Waals surface area contributed by atoms with Crippen molar-refractivity contribution in [1.29, 1.82) is 0 Å². The zero-order valence-electron chi connectivity index (χ0n) is 17.6. The van der Waals surface area contributed by atoms with Crippen LogP contribution in [0.25, 0.3) is 10.7 Å². The fraction of sp³-hybridized carbons (Fsp3) is 0.130. The molecule has 0 bridgehead atoms. The number of benzene rings is 2. The molecule has 1 atom stereocenters. The molecule has 0 aliphatic rings. The molecule has 2 heterocycles. The highest BCUT2D eigenvalue weighted by atomic mass is 35.5. The third kappa shape index (κ3) is 5.44. The summed E-state index contributed by atoms with van der Waals surface area (Å²) in [5.74, 6) is -0.245. The Morgan fingerprint density at radius 3 is 2.61 bits per heavy atom. The van der Waals surface area contributed by atoms with E-state index in [0.29, 0.717) is 21.7 Å². The Kier molecular flexibility index (Phi) is 7.12. The lowest BCUT2D eigenvalue weighted by Crippen LogP contribution is -2.22. The topological polar surface area (TPSA) is 103 Å². The maximum Gasteiger partial charge on any atom is 0.242 e. The van der Waals surface area contributed by atoms with Crippen LogP contribution in [0.3, 0.4) is 0 Å². The fourth-order valence-electron chi connectivity index (χ4n) is 3.15. The number of primary amides is 1. The minimum Gasteiger partial charge on any atom is -0.368 e. The molecular formula is C23H20ClN5O2S2. The van der Waals surface area contributed by atoms with Crippen molar-refractivity contribution in [3.05, 3.63) is 82.2 Å². The molecule has 2 amide bonds. The number of thiophene rings is 1. The van der Waals surface area contributed by atoms with Crippen molar-refractivity contribution in [1.82, 2.24) is 14.8 Å². The summed E-state index contributed by atoms with van der Waals surface area (Å²) in [5, 5.41) is 13.7. The van der Waals surface area contributed by atoms with Gasteiger partial charge in [-0.25, -0.2) is 0 Å². The van der Waals surface area contributed by atoms with Crippen LogP contribution in [0.15, 0.2) is 71.2 Å². The van der Waals surface area contributed by atoms with Gasteiger partial charge >= 0.3 is 0 Å². The first-order valence-corrected chi connectivity index (χ1v) is 12.1. The first kappa shape index (κ1) is 23.0. The van der Waals surface area contributed by atoms with E-state index in [1.54, 1.807) is 16.7 Å². The van der Waals surface area contributed by atoms with Gasteiger partial charge in [0.1, 0.15) is 11.8 Å². The molecule has 10 heteroatoms. The Labute approximate surface area is 204 Å². The van der Waals surface area contributed by atoms with Gasteiger partial charge in [-0.3, -0.25) is 14.2 Å². The lowest BCUT2D eigenvalue weighted by atomic mass is 10.1. The Balaban J connectivity index is 1.68. The van der Waals surface area contributed by atoms with E-state index in [0.717, 1.165) is 16.0 Å². The van der Waals surface area contributed by atoms with E-state index < -0.39 is 11.2 Å². The third-order valence-electron chi connectivity index (χ3n) is 4.78. The summed E-state index contributed by atoms with van der Waals surface area (Å²) >= 11 is 8.91. The maximum absolute atomic E-state index is 13.4. The van der Waals surface area contributed by atoms with E-state index in [1.165, 1.54) is 23.1 Å². The van der Waals surface area contributed by atoms with Crippen molar-refractivity contribution in [2.24, 2.45) is 5.73 Å². The smallest absolute Gasteiger partial charge is 0.242 e. The summed E-state index contributed by atoms with van der Waals surface area (Å²) in [4.78, 5) is 26.0. The van der Waals surface area contributed by atoms with E-state index in [1.807, 2.05) is 60.8 Å². The number of amides is 2. The van der Waals surface area contributed by atoms with Gasteiger partial charge in [-0.15, -0.1) is 21.5 Å². The lowest BCUT2D eigenvalue weighted by molar-refractivity contribution is -0.118. The molecule has 33 heavy (non-hydrogen) atoms. The van der Waals surface area contributed by atoms with E-state index >= 15 is 0 Å². The molecule has 168 valence electrons. The number of aryl methyl sites for hydroxylation is 1. The van der Waals surface area contributed by atoms with Gasteiger partial charge in [-0.05, 0) is 41.6 Å². The summed E-state index contributed by atoms with van der Waals surface area (Å²) < 4.78 is 1.64. The second-order valence-electron chi connectivity index (χ2n) is 7.20.